The van der Waals surface area contributed by atoms with E-state index >= 15 is 0 Å². The minimum Gasteiger partial charge on any atom is -0.497 e. The summed E-state index contributed by atoms with van der Waals surface area (Å²) in [5.74, 6) is -0.959. The summed E-state index contributed by atoms with van der Waals surface area (Å²) in [6, 6.07) is 10.0. The molecule has 10 nitrogen and oxygen atoms in total. The standard InChI is InChI=1S/C19H19N3O5S.C2HF3O2/c1-25-14-4-2-6-16(10-14)28(23,24)22-9-7-19-17(12-22)18(21-27-19)13-26-15-5-3-8-20-11-15;3-2(4,5)1(6)7/h2-6,8,10-11H,7,9,12-13H2,1H3;(H,6,7). The highest BCUT2D eigenvalue weighted by molar-refractivity contribution is 7.89. The molecule has 0 saturated heterocycles. The average molecular weight is 515 g/mol. The number of hydrogen-bond acceptors (Lipinski definition) is 8. The van der Waals surface area contributed by atoms with Crippen LogP contribution in [-0.2, 0) is 34.4 Å². The van der Waals surface area contributed by atoms with E-state index in [2.05, 4.69) is 10.1 Å². The van der Waals surface area contributed by atoms with Crippen molar-refractivity contribution in [3.63, 3.8) is 0 Å². The molecule has 1 N–H and O–H groups in total. The Kier molecular flexibility index (Phi) is 7.96. The van der Waals surface area contributed by atoms with Gasteiger partial charge in [0.1, 0.15) is 29.6 Å². The zero-order chi connectivity index (χ0) is 25.6. The van der Waals surface area contributed by atoms with Gasteiger partial charge in [0, 0.05) is 37.3 Å². The number of aliphatic carboxylic acids is 1. The van der Waals surface area contributed by atoms with Crippen LogP contribution in [0.5, 0.6) is 11.5 Å². The number of benzene rings is 1. The number of hydrogen-bond donors (Lipinski definition) is 1. The van der Waals surface area contributed by atoms with Crippen LogP contribution >= 0.6 is 0 Å². The molecule has 0 radical (unpaired) electrons. The van der Waals surface area contributed by atoms with Crippen LogP contribution in [0.4, 0.5) is 13.2 Å². The number of pyridine rings is 1. The largest absolute Gasteiger partial charge is 0.497 e. The lowest BCUT2D eigenvalue weighted by molar-refractivity contribution is -0.192. The van der Waals surface area contributed by atoms with Crippen LogP contribution in [0.3, 0.4) is 0 Å². The van der Waals surface area contributed by atoms with Crippen LogP contribution in [0.1, 0.15) is 17.0 Å². The number of carboxylic acids is 1. The van der Waals surface area contributed by atoms with Crippen molar-refractivity contribution >= 4 is 16.0 Å². The average Bonchev–Trinajstić information content (AvgIpc) is 3.25. The van der Waals surface area contributed by atoms with Crippen molar-refractivity contribution in [3.8, 4) is 11.5 Å². The minimum atomic E-state index is -5.08. The number of sulfonamides is 1. The van der Waals surface area contributed by atoms with Crippen LogP contribution in [0.2, 0.25) is 0 Å². The molecule has 0 unspecified atom stereocenters. The van der Waals surface area contributed by atoms with Crippen LogP contribution in [0.15, 0.2) is 58.2 Å². The second-order valence-corrected chi connectivity index (χ2v) is 9.02. The number of ether oxygens (including phenoxy) is 2. The lowest BCUT2D eigenvalue weighted by Gasteiger charge is -2.25. The first-order chi connectivity index (χ1) is 16.5. The van der Waals surface area contributed by atoms with E-state index in [1.807, 2.05) is 0 Å². The third kappa shape index (κ3) is 6.48. The second-order valence-electron chi connectivity index (χ2n) is 7.08. The van der Waals surface area contributed by atoms with Gasteiger partial charge in [-0.25, -0.2) is 13.2 Å². The first-order valence-electron chi connectivity index (χ1n) is 9.96. The lowest BCUT2D eigenvalue weighted by Crippen LogP contribution is -2.36. The van der Waals surface area contributed by atoms with Gasteiger partial charge in [0.2, 0.25) is 10.0 Å². The fourth-order valence-corrected chi connectivity index (χ4v) is 4.50. The van der Waals surface area contributed by atoms with Crippen LogP contribution in [0.25, 0.3) is 0 Å². The van der Waals surface area contributed by atoms with Gasteiger partial charge < -0.3 is 19.1 Å². The second kappa shape index (κ2) is 10.7. The Morgan fingerprint density at radius 1 is 1.23 bits per heavy atom. The number of carboxylic acid groups (broad SMARTS) is 1. The molecule has 0 spiro atoms. The number of methoxy groups -OCH3 is 1. The number of carbonyl (C=O) groups is 1. The molecule has 188 valence electrons. The summed E-state index contributed by atoms with van der Waals surface area (Å²) in [4.78, 5) is 13.1. The van der Waals surface area contributed by atoms with Gasteiger partial charge in [-0.05, 0) is 24.3 Å². The van der Waals surface area contributed by atoms with Gasteiger partial charge in [0.15, 0.2) is 0 Å². The Bertz CT molecular complexity index is 1260. The number of aromatic nitrogens is 2. The highest BCUT2D eigenvalue weighted by Gasteiger charge is 2.38. The van der Waals surface area contributed by atoms with Crippen molar-refractivity contribution in [3.05, 3.63) is 65.8 Å². The molecular formula is C21H20F3N3O7S. The molecule has 3 aromatic rings. The third-order valence-corrected chi connectivity index (χ3v) is 6.65. The van der Waals surface area contributed by atoms with E-state index in [0.29, 0.717) is 35.9 Å². The van der Waals surface area contributed by atoms with Gasteiger partial charge >= 0.3 is 12.1 Å². The first kappa shape index (κ1) is 26.0. The summed E-state index contributed by atoms with van der Waals surface area (Å²) in [6.07, 6.45) is -1.36. The Labute approximate surface area is 197 Å². The molecule has 35 heavy (non-hydrogen) atoms. The van der Waals surface area contributed by atoms with Gasteiger partial charge in [-0.3, -0.25) is 4.98 Å². The van der Waals surface area contributed by atoms with Crippen molar-refractivity contribution in [2.75, 3.05) is 13.7 Å². The van der Waals surface area contributed by atoms with Crippen molar-refractivity contribution in [1.29, 1.82) is 0 Å². The van der Waals surface area contributed by atoms with E-state index in [1.165, 1.54) is 17.5 Å². The van der Waals surface area contributed by atoms with E-state index < -0.39 is 22.2 Å². The minimum absolute atomic E-state index is 0.178. The molecular weight excluding hydrogens is 495 g/mol. The van der Waals surface area contributed by atoms with Gasteiger partial charge in [0.05, 0.1) is 18.2 Å². The summed E-state index contributed by atoms with van der Waals surface area (Å²) in [5, 5.41) is 11.2. The number of alkyl halides is 3. The summed E-state index contributed by atoms with van der Waals surface area (Å²) in [7, 11) is -2.16. The highest BCUT2D eigenvalue weighted by Crippen LogP contribution is 2.29. The molecule has 1 aliphatic rings. The molecule has 0 bridgehead atoms. The number of fused-ring (bicyclic) bond motifs is 1. The predicted molar refractivity (Wildman–Crippen MR) is 113 cm³/mol. The van der Waals surface area contributed by atoms with Crippen molar-refractivity contribution in [1.82, 2.24) is 14.4 Å². The molecule has 0 fully saturated rings. The fraction of sp³-hybridized carbons (Fsp3) is 0.286. The third-order valence-electron chi connectivity index (χ3n) is 4.81. The molecule has 0 aliphatic carbocycles. The van der Waals surface area contributed by atoms with Gasteiger partial charge in [0.25, 0.3) is 0 Å². The van der Waals surface area contributed by atoms with Crippen molar-refractivity contribution in [2.24, 2.45) is 0 Å². The molecule has 0 atom stereocenters. The maximum atomic E-state index is 13.1. The van der Waals surface area contributed by atoms with E-state index in [0.717, 1.165) is 5.56 Å². The van der Waals surface area contributed by atoms with Gasteiger partial charge in [-0.2, -0.15) is 17.5 Å². The molecule has 1 aromatic carbocycles. The molecule has 0 amide bonds. The molecule has 4 rings (SSSR count). The van der Waals surface area contributed by atoms with Gasteiger partial charge in [-0.1, -0.05) is 11.2 Å². The van der Waals surface area contributed by atoms with Crippen molar-refractivity contribution in [2.45, 2.75) is 30.6 Å². The number of halogens is 3. The maximum absolute atomic E-state index is 13.1. The van der Waals surface area contributed by atoms with E-state index in [4.69, 9.17) is 23.9 Å². The Morgan fingerprint density at radius 2 is 1.94 bits per heavy atom. The maximum Gasteiger partial charge on any atom is 0.490 e. The first-order valence-corrected chi connectivity index (χ1v) is 11.4. The SMILES string of the molecule is COc1cccc(S(=O)(=O)N2CCc3onc(COc4cccnc4)c3C2)c1.O=C(O)C(F)(F)F. The predicted octanol–water partition coefficient (Wildman–Crippen LogP) is 3.04. The number of rotatable bonds is 6. The smallest absolute Gasteiger partial charge is 0.490 e. The van der Waals surface area contributed by atoms with E-state index in [9.17, 15) is 21.6 Å². The lowest BCUT2D eigenvalue weighted by atomic mass is 10.1. The summed E-state index contributed by atoms with van der Waals surface area (Å²) < 4.78 is 75.5. The molecule has 2 aromatic heterocycles. The van der Waals surface area contributed by atoms with E-state index in [1.54, 1.807) is 42.7 Å². The summed E-state index contributed by atoms with van der Waals surface area (Å²) in [5.41, 5.74) is 1.34. The van der Waals surface area contributed by atoms with E-state index in [-0.39, 0.29) is 18.0 Å². The molecule has 1 aliphatic heterocycles. The zero-order valence-corrected chi connectivity index (χ0v) is 19.0. The van der Waals surface area contributed by atoms with Crippen LogP contribution < -0.4 is 9.47 Å². The van der Waals surface area contributed by atoms with Crippen LogP contribution in [0, 0.1) is 0 Å². The van der Waals surface area contributed by atoms with Crippen molar-refractivity contribution < 1.29 is 45.5 Å². The molecule has 14 heteroatoms. The normalized spacial score (nSPS) is 13.8. The fourth-order valence-electron chi connectivity index (χ4n) is 3.05. The topological polar surface area (TPSA) is 132 Å². The molecule has 0 saturated carbocycles. The quantitative estimate of drug-likeness (QED) is 0.526. The Hall–Kier alpha value is -3.65. The summed E-state index contributed by atoms with van der Waals surface area (Å²) >= 11 is 0. The highest BCUT2D eigenvalue weighted by atomic mass is 32.2. The Balaban J connectivity index is 0.000000429. The molecule has 3 heterocycles. The number of nitrogens with zero attached hydrogens (tertiary/aromatic N) is 3. The van der Waals surface area contributed by atoms with Gasteiger partial charge in [-0.15, -0.1) is 0 Å². The summed E-state index contributed by atoms with van der Waals surface area (Å²) in [6.45, 7) is 0.687. The zero-order valence-electron chi connectivity index (χ0n) is 18.2. The Morgan fingerprint density at radius 3 is 2.57 bits per heavy atom. The monoisotopic (exact) mass is 515 g/mol. The van der Waals surface area contributed by atoms with Crippen LogP contribution in [-0.4, -0.2) is 53.8 Å².